The summed E-state index contributed by atoms with van der Waals surface area (Å²) >= 11 is 0. The van der Waals surface area contributed by atoms with E-state index in [-0.39, 0.29) is 0 Å². The largest absolute Gasteiger partial charge is 0.352 e. The van der Waals surface area contributed by atoms with Crippen LogP contribution in [-0.4, -0.2) is 9.97 Å². The zero-order valence-electron chi connectivity index (χ0n) is 8.94. The van der Waals surface area contributed by atoms with Gasteiger partial charge in [-0.3, -0.25) is 19.2 Å². The Morgan fingerprint density at radius 3 is 0.944 bits per heavy atom. The highest BCUT2D eigenvalue weighted by atomic mass is 16.2. The summed E-state index contributed by atoms with van der Waals surface area (Å²) in [5, 5.41) is 0. The number of benzene rings is 2. The van der Waals surface area contributed by atoms with Crippen LogP contribution in [-0.2, 0) is 0 Å². The zero-order valence-corrected chi connectivity index (χ0v) is 8.94. The Bertz CT molecular complexity index is 840. The highest BCUT2D eigenvalue weighted by Gasteiger charge is 2.04. The molecule has 1 heterocycles. The number of fused-ring (bicyclic) bond motifs is 2. The fraction of sp³-hybridized carbons (Fsp3) is 0. The van der Waals surface area contributed by atoms with Crippen LogP contribution in [0.5, 0.6) is 0 Å². The SMILES string of the molecule is O=c1cc2[nH]c3cc(=O)c(=O)cc3[nH]c2cc1=O. The van der Waals surface area contributed by atoms with Gasteiger partial charge < -0.3 is 9.97 Å². The average molecular weight is 242 g/mol. The Kier molecular flexibility index (Phi) is 1.94. The van der Waals surface area contributed by atoms with Gasteiger partial charge >= 0.3 is 0 Å². The maximum absolute atomic E-state index is 11.2. The molecule has 3 aromatic rings. The van der Waals surface area contributed by atoms with Crippen molar-refractivity contribution in [3.63, 3.8) is 0 Å². The van der Waals surface area contributed by atoms with Gasteiger partial charge in [-0.15, -0.1) is 0 Å². The van der Waals surface area contributed by atoms with Gasteiger partial charge in [0, 0.05) is 24.3 Å². The summed E-state index contributed by atoms with van der Waals surface area (Å²) < 4.78 is 0. The first-order valence-corrected chi connectivity index (χ1v) is 5.13. The second-order valence-electron chi connectivity index (χ2n) is 3.94. The molecule has 0 fully saturated rings. The van der Waals surface area contributed by atoms with Crippen LogP contribution >= 0.6 is 0 Å². The summed E-state index contributed by atoms with van der Waals surface area (Å²) in [4.78, 5) is 50.6. The molecule has 0 spiro atoms. The Labute approximate surface area is 97.9 Å². The Hall–Kier alpha value is -2.76. The number of hydrogen-bond donors (Lipinski definition) is 2. The highest BCUT2D eigenvalue weighted by Crippen LogP contribution is 2.10. The predicted molar refractivity (Wildman–Crippen MR) is 66.4 cm³/mol. The van der Waals surface area contributed by atoms with Crippen molar-refractivity contribution in [3.05, 3.63) is 65.2 Å². The average Bonchev–Trinajstić information content (AvgIpc) is 2.31. The van der Waals surface area contributed by atoms with Gasteiger partial charge in [0.25, 0.3) is 0 Å². The van der Waals surface area contributed by atoms with E-state index in [0.29, 0.717) is 22.1 Å². The minimum atomic E-state index is -0.630. The molecule has 3 rings (SSSR count). The summed E-state index contributed by atoms with van der Waals surface area (Å²) in [5.74, 6) is 0. The molecule has 0 atom stereocenters. The van der Waals surface area contributed by atoms with E-state index in [9.17, 15) is 19.2 Å². The van der Waals surface area contributed by atoms with Gasteiger partial charge in [0.15, 0.2) is 0 Å². The summed E-state index contributed by atoms with van der Waals surface area (Å²) in [5.41, 5.74) is -0.891. The van der Waals surface area contributed by atoms with Gasteiger partial charge in [0.2, 0.25) is 21.7 Å². The molecule has 2 N–H and O–H groups in total. The van der Waals surface area contributed by atoms with E-state index in [1.807, 2.05) is 0 Å². The van der Waals surface area contributed by atoms with Gasteiger partial charge in [0.1, 0.15) is 0 Å². The van der Waals surface area contributed by atoms with Crippen molar-refractivity contribution in [2.24, 2.45) is 0 Å². The monoisotopic (exact) mass is 242 g/mol. The molecule has 0 aliphatic heterocycles. The summed E-state index contributed by atoms with van der Waals surface area (Å²) in [6.07, 6.45) is 0. The first-order chi connectivity index (χ1) is 8.54. The van der Waals surface area contributed by atoms with Crippen LogP contribution in [0, 0.1) is 0 Å². The second kappa shape index (κ2) is 3.36. The van der Waals surface area contributed by atoms with Gasteiger partial charge in [-0.25, -0.2) is 0 Å². The van der Waals surface area contributed by atoms with Crippen molar-refractivity contribution in [1.82, 2.24) is 9.97 Å². The minimum absolute atomic E-state index is 0.408. The van der Waals surface area contributed by atoms with E-state index in [1.54, 1.807) is 0 Å². The van der Waals surface area contributed by atoms with E-state index in [0.717, 1.165) is 24.3 Å². The molecule has 6 heteroatoms. The molecular formula is C12H6N2O4. The molecule has 88 valence electrons. The van der Waals surface area contributed by atoms with Crippen LogP contribution in [0.25, 0.3) is 22.1 Å². The van der Waals surface area contributed by atoms with Gasteiger partial charge in [-0.2, -0.15) is 0 Å². The van der Waals surface area contributed by atoms with E-state index in [4.69, 9.17) is 0 Å². The maximum atomic E-state index is 11.2. The van der Waals surface area contributed by atoms with Crippen molar-refractivity contribution in [3.8, 4) is 0 Å². The van der Waals surface area contributed by atoms with E-state index in [2.05, 4.69) is 9.97 Å². The molecule has 0 saturated carbocycles. The fourth-order valence-corrected chi connectivity index (χ4v) is 1.82. The van der Waals surface area contributed by atoms with Gasteiger partial charge in [0.05, 0.1) is 22.1 Å². The van der Waals surface area contributed by atoms with Gasteiger partial charge in [-0.1, -0.05) is 0 Å². The molecular weight excluding hydrogens is 236 g/mol. The first kappa shape index (κ1) is 10.4. The molecule has 0 saturated heterocycles. The molecule has 2 aromatic carbocycles. The van der Waals surface area contributed by atoms with Crippen molar-refractivity contribution in [2.75, 3.05) is 0 Å². The predicted octanol–water partition coefficient (Wildman–Crippen LogP) is -0.472. The standard InChI is InChI=1S/C12H6N2O4/c15-9-1-5-6(2-10(9)16)14-8-4-12(18)11(17)3-7(8)13-5/h1-4,13-14H. The van der Waals surface area contributed by atoms with Crippen molar-refractivity contribution in [2.45, 2.75) is 0 Å². The lowest BCUT2D eigenvalue weighted by atomic mass is 10.2. The van der Waals surface area contributed by atoms with Gasteiger partial charge in [-0.05, 0) is 0 Å². The fourth-order valence-electron chi connectivity index (χ4n) is 1.82. The smallest absolute Gasteiger partial charge is 0.227 e. The Morgan fingerprint density at radius 2 is 0.722 bits per heavy atom. The molecule has 0 aliphatic carbocycles. The van der Waals surface area contributed by atoms with E-state index >= 15 is 0 Å². The third-order valence-corrected chi connectivity index (χ3v) is 2.71. The lowest BCUT2D eigenvalue weighted by Crippen LogP contribution is -2.23. The zero-order chi connectivity index (χ0) is 12.9. The summed E-state index contributed by atoms with van der Waals surface area (Å²) in [6, 6.07) is 4.62. The van der Waals surface area contributed by atoms with Crippen LogP contribution in [0.2, 0.25) is 0 Å². The molecule has 0 bridgehead atoms. The molecule has 18 heavy (non-hydrogen) atoms. The Morgan fingerprint density at radius 1 is 0.500 bits per heavy atom. The topological polar surface area (TPSA) is 99.9 Å². The lowest BCUT2D eigenvalue weighted by Gasteiger charge is -2.01. The normalized spacial score (nSPS) is 11.1. The molecule has 0 unspecified atom stereocenters. The van der Waals surface area contributed by atoms with Crippen LogP contribution in [0.15, 0.2) is 43.4 Å². The Balaban J connectivity index is 2.59. The molecule has 1 aromatic heterocycles. The third-order valence-electron chi connectivity index (χ3n) is 2.71. The number of rotatable bonds is 0. The number of nitrogens with one attached hydrogen (secondary N) is 2. The summed E-state index contributed by atoms with van der Waals surface area (Å²) in [7, 11) is 0. The summed E-state index contributed by atoms with van der Waals surface area (Å²) in [6.45, 7) is 0. The van der Waals surface area contributed by atoms with Crippen molar-refractivity contribution >= 4 is 22.1 Å². The second-order valence-corrected chi connectivity index (χ2v) is 3.94. The lowest BCUT2D eigenvalue weighted by molar-refractivity contribution is 1.34. The molecule has 0 amide bonds. The number of aromatic nitrogens is 2. The number of hydrogen-bond acceptors (Lipinski definition) is 4. The highest BCUT2D eigenvalue weighted by molar-refractivity contribution is 5.85. The minimum Gasteiger partial charge on any atom is -0.352 e. The van der Waals surface area contributed by atoms with Crippen LogP contribution < -0.4 is 21.7 Å². The number of H-pyrrole nitrogens is 2. The van der Waals surface area contributed by atoms with Crippen LogP contribution in [0.3, 0.4) is 0 Å². The third kappa shape index (κ3) is 1.43. The quantitative estimate of drug-likeness (QED) is 0.411. The first-order valence-electron chi connectivity index (χ1n) is 5.13. The maximum Gasteiger partial charge on any atom is 0.227 e. The number of aromatic amines is 2. The van der Waals surface area contributed by atoms with Crippen molar-refractivity contribution < 1.29 is 0 Å². The van der Waals surface area contributed by atoms with E-state index < -0.39 is 21.7 Å². The molecule has 0 radical (unpaired) electrons. The van der Waals surface area contributed by atoms with E-state index in [1.165, 1.54) is 0 Å². The van der Waals surface area contributed by atoms with Crippen LogP contribution in [0.1, 0.15) is 0 Å². The van der Waals surface area contributed by atoms with Crippen molar-refractivity contribution in [1.29, 1.82) is 0 Å². The molecule has 0 aliphatic rings. The van der Waals surface area contributed by atoms with Crippen LogP contribution in [0.4, 0.5) is 0 Å². The molecule has 6 nitrogen and oxygen atoms in total.